The van der Waals surface area contributed by atoms with Gasteiger partial charge in [0, 0.05) is 31.4 Å². The first kappa shape index (κ1) is 36.7. The van der Waals surface area contributed by atoms with Gasteiger partial charge in [0.15, 0.2) is 22.7 Å². The molecule has 3 atom stereocenters. The fraction of sp³-hybridized carbons (Fsp3) is 0.629. The van der Waals surface area contributed by atoms with Crippen LogP contribution in [0.5, 0.6) is 5.75 Å². The number of nitrogens with zero attached hydrogens (tertiary/aromatic N) is 2. The number of rotatable bonds is 10. The summed E-state index contributed by atoms with van der Waals surface area (Å²) in [5.74, 6) is 0.0678. The van der Waals surface area contributed by atoms with Gasteiger partial charge >= 0.3 is 5.97 Å². The molecule has 0 fully saturated rings. The highest BCUT2D eigenvalue weighted by atomic mass is 28.4. The van der Waals surface area contributed by atoms with E-state index in [2.05, 4.69) is 73.8 Å². The molecule has 0 radical (unpaired) electrons. The van der Waals surface area contributed by atoms with E-state index in [1.807, 2.05) is 19.9 Å². The minimum atomic E-state index is -2.19. The number of carbonyl (C=O) groups is 1. The molecule has 0 spiro atoms. The number of carbonyl (C=O) groups excluding carboxylic acids is 1. The molecule has 248 valence electrons. The second kappa shape index (κ2) is 13.2. The molecule has 1 aromatic carbocycles. The van der Waals surface area contributed by atoms with Crippen LogP contribution in [-0.2, 0) is 18.4 Å². The van der Waals surface area contributed by atoms with E-state index in [1.54, 1.807) is 35.0 Å². The van der Waals surface area contributed by atoms with Gasteiger partial charge in [-0.1, -0.05) is 41.5 Å². The summed E-state index contributed by atoms with van der Waals surface area (Å²) in [4.78, 5) is 26.3. The molecule has 10 heteroatoms. The Morgan fingerprint density at radius 2 is 1.67 bits per heavy atom. The standard InChI is InChI=1S/C35H54N2O6Si2/c1-24(38)41-32-31(27-21-25(23-36)16-17-29(27)42-35(32,8)9)37-19-18-26(22-30(37)39)28(43-45(12,13)34(5,6)7)15-14-20-40-44(10,11)33(2,3)4/h16-19,21-22,28,31-32H,14-15,20H2,1-13H3. The summed E-state index contributed by atoms with van der Waals surface area (Å²) >= 11 is 0. The quantitative estimate of drug-likeness (QED) is 0.144. The maximum Gasteiger partial charge on any atom is 0.303 e. The predicted octanol–water partition coefficient (Wildman–Crippen LogP) is 8.28. The summed E-state index contributed by atoms with van der Waals surface area (Å²) in [7, 11) is -4.08. The van der Waals surface area contributed by atoms with E-state index in [1.165, 1.54) is 6.92 Å². The molecule has 0 saturated heterocycles. The van der Waals surface area contributed by atoms with Gasteiger partial charge in [0.05, 0.1) is 17.7 Å². The Labute approximate surface area is 272 Å². The summed E-state index contributed by atoms with van der Waals surface area (Å²) in [6.45, 7) is 28.0. The zero-order valence-corrected chi connectivity index (χ0v) is 31.7. The fourth-order valence-corrected chi connectivity index (χ4v) is 7.49. The van der Waals surface area contributed by atoms with Crippen molar-refractivity contribution in [2.45, 2.75) is 135 Å². The number of pyridine rings is 1. The largest absolute Gasteiger partial charge is 0.484 e. The van der Waals surface area contributed by atoms with E-state index < -0.39 is 40.4 Å². The highest BCUT2D eigenvalue weighted by Crippen LogP contribution is 2.44. The first-order valence-corrected chi connectivity index (χ1v) is 21.8. The van der Waals surface area contributed by atoms with Crippen LogP contribution in [0, 0.1) is 11.3 Å². The van der Waals surface area contributed by atoms with Gasteiger partial charge in [-0.3, -0.25) is 9.59 Å². The van der Waals surface area contributed by atoms with Crippen molar-refractivity contribution in [1.82, 2.24) is 4.57 Å². The summed E-state index contributed by atoms with van der Waals surface area (Å²) < 4.78 is 27.1. The lowest BCUT2D eigenvalue weighted by Crippen LogP contribution is -2.54. The average Bonchev–Trinajstić information content (AvgIpc) is 2.89. The average molecular weight is 655 g/mol. The summed E-state index contributed by atoms with van der Waals surface area (Å²) in [5.41, 5.74) is 0.674. The third-order valence-corrected chi connectivity index (χ3v) is 18.9. The number of hydrogen-bond acceptors (Lipinski definition) is 7. The van der Waals surface area contributed by atoms with Gasteiger partial charge in [0.2, 0.25) is 0 Å². The third kappa shape index (κ3) is 8.36. The molecular formula is C35H54N2O6Si2. The van der Waals surface area contributed by atoms with Crippen molar-refractivity contribution in [3.05, 3.63) is 63.6 Å². The van der Waals surface area contributed by atoms with Gasteiger partial charge < -0.3 is 22.9 Å². The first-order valence-electron chi connectivity index (χ1n) is 15.9. The van der Waals surface area contributed by atoms with Gasteiger partial charge in [-0.2, -0.15) is 5.26 Å². The van der Waals surface area contributed by atoms with Crippen molar-refractivity contribution in [3.8, 4) is 11.8 Å². The van der Waals surface area contributed by atoms with Crippen LogP contribution < -0.4 is 10.3 Å². The van der Waals surface area contributed by atoms with Crippen LogP contribution in [0.1, 0.15) is 104 Å². The maximum absolute atomic E-state index is 14.0. The van der Waals surface area contributed by atoms with Crippen LogP contribution in [0.4, 0.5) is 0 Å². The van der Waals surface area contributed by atoms with E-state index in [0.29, 0.717) is 23.5 Å². The Morgan fingerprint density at radius 3 is 2.20 bits per heavy atom. The molecular weight excluding hydrogens is 601 g/mol. The zero-order valence-electron chi connectivity index (χ0n) is 29.7. The van der Waals surface area contributed by atoms with Crippen LogP contribution in [-0.4, -0.2) is 45.5 Å². The van der Waals surface area contributed by atoms with E-state index in [-0.39, 0.29) is 21.7 Å². The minimum Gasteiger partial charge on any atom is -0.484 e. The molecule has 1 aliphatic heterocycles. The Morgan fingerprint density at radius 1 is 1.04 bits per heavy atom. The molecule has 2 heterocycles. The van der Waals surface area contributed by atoms with Gasteiger partial charge in [0.25, 0.3) is 5.56 Å². The number of aromatic nitrogens is 1. The lowest BCUT2D eigenvalue weighted by Gasteiger charge is -2.44. The van der Waals surface area contributed by atoms with Crippen molar-refractivity contribution >= 4 is 22.6 Å². The highest BCUT2D eigenvalue weighted by molar-refractivity contribution is 6.74. The Hall–Kier alpha value is -2.72. The second-order valence-corrected chi connectivity index (χ2v) is 25.4. The third-order valence-electron chi connectivity index (χ3n) is 9.86. The lowest BCUT2D eigenvalue weighted by molar-refractivity contribution is -0.163. The van der Waals surface area contributed by atoms with Gasteiger partial charge in [0.1, 0.15) is 17.4 Å². The van der Waals surface area contributed by atoms with Crippen LogP contribution in [0.2, 0.25) is 36.3 Å². The molecule has 2 aromatic rings. The Bertz CT molecular complexity index is 1480. The number of esters is 1. The van der Waals surface area contributed by atoms with Gasteiger partial charge in [-0.15, -0.1) is 0 Å². The molecule has 3 rings (SSSR count). The first-order chi connectivity index (χ1) is 20.5. The van der Waals surface area contributed by atoms with Crippen LogP contribution in [0.25, 0.3) is 0 Å². The normalized spacial score (nSPS) is 19.2. The van der Waals surface area contributed by atoms with Crippen LogP contribution >= 0.6 is 0 Å². The van der Waals surface area contributed by atoms with Gasteiger partial charge in [-0.25, -0.2) is 0 Å². The second-order valence-electron chi connectivity index (χ2n) is 15.9. The van der Waals surface area contributed by atoms with Crippen molar-refractivity contribution < 1.29 is 23.1 Å². The Balaban J connectivity index is 2.05. The van der Waals surface area contributed by atoms with Crippen LogP contribution in [0.3, 0.4) is 0 Å². The predicted molar refractivity (Wildman–Crippen MR) is 184 cm³/mol. The molecule has 0 saturated carbocycles. The number of benzene rings is 1. The minimum absolute atomic E-state index is 0.00896. The number of nitriles is 1. The highest BCUT2D eigenvalue weighted by Gasteiger charge is 2.48. The number of hydrogen-bond donors (Lipinski definition) is 0. The summed E-state index contributed by atoms with van der Waals surface area (Å²) in [6.07, 6.45) is 2.20. The number of fused-ring (bicyclic) bond motifs is 1. The monoisotopic (exact) mass is 654 g/mol. The molecule has 0 amide bonds. The molecule has 8 nitrogen and oxygen atoms in total. The van der Waals surface area contributed by atoms with E-state index >= 15 is 0 Å². The lowest BCUT2D eigenvalue weighted by atomic mass is 9.85. The molecule has 45 heavy (non-hydrogen) atoms. The molecule has 0 N–H and O–H groups in total. The maximum atomic E-state index is 14.0. The van der Waals surface area contributed by atoms with Crippen molar-refractivity contribution in [1.29, 1.82) is 5.26 Å². The van der Waals surface area contributed by atoms with Crippen LogP contribution in [0.15, 0.2) is 41.3 Å². The van der Waals surface area contributed by atoms with E-state index in [4.69, 9.17) is 18.3 Å². The molecule has 0 aliphatic carbocycles. The van der Waals surface area contributed by atoms with Gasteiger partial charge in [-0.05, 0) is 92.8 Å². The van der Waals surface area contributed by atoms with Crippen molar-refractivity contribution in [3.63, 3.8) is 0 Å². The molecule has 1 aromatic heterocycles. The zero-order chi connectivity index (χ0) is 34.2. The molecule has 0 bridgehead atoms. The van der Waals surface area contributed by atoms with Crippen molar-refractivity contribution in [2.24, 2.45) is 0 Å². The Kier molecular flexibility index (Phi) is 10.8. The number of ether oxygens (including phenoxy) is 2. The smallest absolute Gasteiger partial charge is 0.303 e. The van der Waals surface area contributed by atoms with E-state index in [9.17, 15) is 14.9 Å². The van der Waals surface area contributed by atoms with E-state index in [0.717, 1.165) is 18.4 Å². The summed E-state index contributed by atoms with van der Waals surface area (Å²) in [6, 6.07) is 10.2. The SMILES string of the molecule is CC(=O)OC1C(n2ccc(C(CCCO[Si](C)(C)C(C)(C)C)O[Si](C)(C)C(C)(C)C)cc2=O)c2cc(C#N)ccc2OC1(C)C. The molecule has 1 aliphatic rings. The summed E-state index contributed by atoms with van der Waals surface area (Å²) in [5, 5.41) is 9.74. The van der Waals surface area contributed by atoms with Crippen molar-refractivity contribution in [2.75, 3.05) is 6.61 Å². The topological polar surface area (TPSA) is 99.8 Å². The molecule has 3 unspecified atom stereocenters. The fourth-order valence-electron chi connectivity index (χ4n) is 5.08.